The van der Waals surface area contributed by atoms with E-state index < -0.39 is 0 Å². The Morgan fingerprint density at radius 1 is 1.58 bits per heavy atom. The molecule has 2 N–H and O–H groups in total. The van der Waals surface area contributed by atoms with E-state index in [1.165, 1.54) is 5.56 Å². The molecule has 0 amide bonds. The lowest BCUT2D eigenvalue weighted by molar-refractivity contribution is 0.850. The van der Waals surface area contributed by atoms with Crippen molar-refractivity contribution < 1.29 is 0 Å². The molecule has 0 atom stereocenters. The van der Waals surface area contributed by atoms with Crippen LogP contribution in [0.5, 0.6) is 0 Å². The van der Waals surface area contributed by atoms with Crippen LogP contribution in [-0.4, -0.2) is 4.98 Å². The molecule has 2 nitrogen and oxygen atoms in total. The van der Waals surface area contributed by atoms with Gasteiger partial charge in [-0.25, -0.2) is 4.98 Å². The summed E-state index contributed by atoms with van der Waals surface area (Å²) in [6.45, 7) is 4.68. The van der Waals surface area contributed by atoms with Crippen LogP contribution in [0.15, 0.2) is 12.3 Å². The van der Waals surface area contributed by atoms with Crippen LogP contribution < -0.4 is 5.73 Å². The molecule has 0 spiro atoms. The maximum atomic E-state index is 5.81. The standard InChI is InChI=1S/C9H13ClN2/c1-6(2)8-3-7(4-11)9(10)12-5-8/h3,5-6H,4,11H2,1-2H3. The molecule has 3 heteroatoms. The summed E-state index contributed by atoms with van der Waals surface area (Å²) in [5, 5.41) is 0.516. The summed E-state index contributed by atoms with van der Waals surface area (Å²) in [7, 11) is 0. The number of hydrogen-bond donors (Lipinski definition) is 1. The van der Waals surface area contributed by atoms with Crippen LogP contribution in [0.2, 0.25) is 5.15 Å². The number of pyridine rings is 1. The van der Waals surface area contributed by atoms with Gasteiger partial charge in [-0.15, -0.1) is 0 Å². The summed E-state index contributed by atoms with van der Waals surface area (Å²) in [6.07, 6.45) is 1.80. The topological polar surface area (TPSA) is 38.9 Å². The first-order valence-electron chi connectivity index (χ1n) is 3.99. The summed E-state index contributed by atoms with van der Waals surface area (Å²) >= 11 is 5.81. The molecular formula is C9H13ClN2. The van der Waals surface area contributed by atoms with Crippen molar-refractivity contribution in [2.24, 2.45) is 5.73 Å². The second kappa shape index (κ2) is 3.87. The molecule has 0 fully saturated rings. The van der Waals surface area contributed by atoms with Crippen LogP contribution in [-0.2, 0) is 6.54 Å². The summed E-state index contributed by atoms with van der Waals surface area (Å²) in [5.74, 6) is 0.472. The summed E-state index contributed by atoms with van der Waals surface area (Å²) < 4.78 is 0. The van der Waals surface area contributed by atoms with Crippen LogP contribution >= 0.6 is 11.6 Å². The van der Waals surface area contributed by atoms with Gasteiger partial charge in [-0.3, -0.25) is 0 Å². The molecule has 0 radical (unpaired) electrons. The molecule has 66 valence electrons. The second-order valence-electron chi connectivity index (χ2n) is 3.08. The van der Waals surface area contributed by atoms with Crippen molar-refractivity contribution in [3.8, 4) is 0 Å². The number of hydrogen-bond acceptors (Lipinski definition) is 2. The van der Waals surface area contributed by atoms with E-state index >= 15 is 0 Å². The minimum atomic E-state index is 0.451. The molecule has 1 heterocycles. The Balaban J connectivity index is 3.05. The zero-order valence-electron chi connectivity index (χ0n) is 7.34. The fraction of sp³-hybridized carbons (Fsp3) is 0.444. The zero-order valence-corrected chi connectivity index (χ0v) is 8.10. The van der Waals surface area contributed by atoms with Crippen molar-refractivity contribution in [3.05, 3.63) is 28.5 Å². The Hall–Kier alpha value is -0.600. The van der Waals surface area contributed by atoms with Gasteiger partial charge in [0.1, 0.15) is 5.15 Å². The Morgan fingerprint density at radius 3 is 2.75 bits per heavy atom. The Bertz CT molecular complexity index is 271. The van der Waals surface area contributed by atoms with E-state index in [2.05, 4.69) is 18.8 Å². The van der Waals surface area contributed by atoms with Gasteiger partial charge in [-0.05, 0) is 17.5 Å². The van der Waals surface area contributed by atoms with Crippen molar-refractivity contribution in [3.63, 3.8) is 0 Å². The molecule has 0 aliphatic rings. The van der Waals surface area contributed by atoms with Crippen LogP contribution in [0.3, 0.4) is 0 Å². The molecule has 0 aliphatic heterocycles. The molecule has 1 rings (SSSR count). The maximum Gasteiger partial charge on any atom is 0.133 e. The first-order valence-corrected chi connectivity index (χ1v) is 4.37. The summed E-state index contributed by atoms with van der Waals surface area (Å²) in [4.78, 5) is 4.06. The number of rotatable bonds is 2. The lowest BCUT2D eigenvalue weighted by Gasteiger charge is -2.07. The van der Waals surface area contributed by atoms with Gasteiger partial charge < -0.3 is 5.73 Å². The van der Waals surface area contributed by atoms with Gasteiger partial charge in [0.15, 0.2) is 0 Å². The smallest absolute Gasteiger partial charge is 0.133 e. The van der Waals surface area contributed by atoms with Crippen molar-refractivity contribution in [1.29, 1.82) is 0 Å². The first-order chi connectivity index (χ1) is 5.65. The molecule has 1 aromatic rings. The van der Waals surface area contributed by atoms with Gasteiger partial charge >= 0.3 is 0 Å². The molecule has 0 bridgehead atoms. The van der Waals surface area contributed by atoms with Crippen LogP contribution in [0.25, 0.3) is 0 Å². The van der Waals surface area contributed by atoms with Crippen LogP contribution in [0.4, 0.5) is 0 Å². The molecule has 0 saturated carbocycles. The summed E-state index contributed by atoms with van der Waals surface area (Å²) in [5.41, 5.74) is 7.59. The number of halogens is 1. The molecular weight excluding hydrogens is 172 g/mol. The van der Waals surface area contributed by atoms with E-state index in [0.29, 0.717) is 17.6 Å². The number of nitrogens with zero attached hydrogens (tertiary/aromatic N) is 1. The van der Waals surface area contributed by atoms with Crippen molar-refractivity contribution in [2.75, 3.05) is 0 Å². The lowest BCUT2D eigenvalue weighted by atomic mass is 10.0. The number of nitrogens with two attached hydrogens (primary N) is 1. The minimum absolute atomic E-state index is 0.451. The highest BCUT2D eigenvalue weighted by atomic mass is 35.5. The van der Waals surface area contributed by atoms with E-state index in [1.54, 1.807) is 6.20 Å². The third-order valence-corrected chi connectivity index (χ3v) is 2.16. The first kappa shape index (κ1) is 9.49. The fourth-order valence-corrected chi connectivity index (χ4v) is 1.15. The van der Waals surface area contributed by atoms with E-state index in [-0.39, 0.29) is 0 Å². The Kier molecular flexibility index (Phi) is 3.06. The van der Waals surface area contributed by atoms with Crippen LogP contribution in [0.1, 0.15) is 30.9 Å². The highest BCUT2D eigenvalue weighted by molar-refractivity contribution is 6.30. The maximum absolute atomic E-state index is 5.81. The molecule has 0 unspecified atom stereocenters. The third-order valence-electron chi connectivity index (χ3n) is 1.82. The quantitative estimate of drug-likeness (QED) is 0.717. The number of aromatic nitrogens is 1. The SMILES string of the molecule is CC(C)c1cnc(Cl)c(CN)c1. The third kappa shape index (κ3) is 1.96. The van der Waals surface area contributed by atoms with Gasteiger partial charge in [0.2, 0.25) is 0 Å². The van der Waals surface area contributed by atoms with Gasteiger partial charge in [0.05, 0.1) is 0 Å². The Morgan fingerprint density at radius 2 is 2.25 bits per heavy atom. The van der Waals surface area contributed by atoms with Crippen molar-refractivity contribution >= 4 is 11.6 Å². The van der Waals surface area contributed by atoms with E-state index in [9.17, 15) is 0 Å². The fourth-order valence-electron chi connectivity index (χ4n) is 0.971. The predicted molar refractivity (Wildman–Crippen MR) is 51.2 cm³/mol. The largest absolute Gasteiger partial charge is 0.326 e. The Labute approximate surface area is 77.8 Å². The highest BCUT2D eigenvalue weighted by Crippen LogP contribution is 2.19. The normalized spacial score (nSPS) is 10.8. The molecule has 0 aliphatic carbocycles. The zero-order chi connectivity index (χ0) is 9.14. The van der Waals surface area contributed by atoms with E-state index in [1.807, 2.05) is 6.07 Å². The molecule has 0 aromatic carbocycles. The molecule has 1 aromatic heterocycles. The molecule has 0 saturated heterocycles. The average Bonchev–Trinajstić information content (AvgIpc) is 2.05. The predicted octanol–water partition coefficient (Wildman–Crippen LogP) is 2.32. The monoisotopic (exact) mass is 184 g/mol. The second-order valence-corrected chi connectivity index (χ2v) is 3.44. The van der Waals surface area contributed by atoms with Gasteiger partial charge in [0, 0.05) is 18.3 Å². The molecule has 12 heavy (non-hydrogen) atoms. The van der Waals surface area contributed by atoms with Crippen molar-refractivity contribution in [2.45, 2.75) is 26.3 Å². The van der Waals surface area contributed by atoms with Gasteiger partial charge in [-0.2, -0.15) is 0 Å². The van der Waals surface area contributed by atoms with Crippen LogP contribution in [0, 0.1) is 0 Å². The van der Waals surface area contributed by atoms with Gasteiger partial charge in [-0.1, -0.05) is 25.4 Å². The van der Waals surface area contributed by atoms with Gasteiger partial charge in [0.25, 0.3) is 0 Å². The van der Waals surface area contributed by atoms with E-state index in [4.69, 9.17) is 17.3 Å². The minimum Gasteiger partial charge on any atom is -0.326 e. The van der Waals surface area contributed by atoms with Crippen molar-refractivity contribution in [1.82, 2.24) is 4.98 Å². The summed E-state index contributed by atoms with van der Waals surface area (Å²) in [6, 6.07) is 2.01. The highest BCUT2D eigenvalue weighted by Gasteiger charge is 2.04. The van der Waals surface area contributed by atoms with E-state index in [0.717, 1.165) is 5.56 Å². The average molecular weight is 185 g/mol. The lowest BCUT2D eigenvalue weighted by Crippen LogP contribution is -2.00.